The Morgan fingerprint density at radius 2 is 1.89 bits per heavy atom. The Morgan fingerprint density at radius 3 is 2.22 bits per heavy atom. The van der Waals surface area contributed by atoms with Gasteiger partial charge in [-0.05, 0) is 25.4 Å². The third-order valence-electron chi connectivity index (χ3n) is 0.779. The molecule has 0 unspecified atom stereocenters. The van der Waals surface area contributed by atoms with Crippen molar-refractivity contribution in [1.29, 1.82) is 0 Å². The molecule has 0 fully saturated rings. The molecular formula is C6H16OSSi. The Labute approximate surface area is 63.3 Å². The SMILES string of the molecule is CCSCO[Si](C)(C)C. The van der Waals surface area contributed by atoms with Gasteiger partial charge in [-0.25, -0.2) is 0 Å². The summed E-state index contributed by atoms with van der Waals surface area (Å²) < 4.78 is 5.57. The molecule has 0 amide bonds. The molecule has 0 N–H and O–H groups in total. The van der Waals surface area contributed by atoms with Crippen LogP contribution in [0.25, 0.3) is 0 Å². The first-order valence-electron chi connectivity index (χ1n) is 3.28. The summed E-state index contributed by atoms with van der Waals surface area (Å²) >= 11 is 1.85. The van der Waals surface area contributed by atoms with Crippen molar-refractivity contribution in [2.24, 2.45) is 0 Å². The van der Waals surface area contributed by atoms with E-state index in [0.29, 0.717) is 0 Å². The lowest BCUT2D eigenvalue weighted by Gasteiger charge is -2.15. The van der Waals surface area contributed by atoms with Gasteiger partial charge in [0.15, 0.2) is 8.32 Å². The van der Waals surface area contributed by atoms with E-state index >= 15 is 0 Å². The molecule has 0 aromatic rings. The fraction of sp³-hybridized carbons (Fsp3) is 1.00. The van der Waals surface area contributed by atoms with Crippen LogP contribution in [0.3, 0.4) is 0 Å². The molecule has 0 bridgehead atoms. The zero-order valence-corrected chi connectivity index (χ0v) is 8.55. The average Bonchev–Trinajstić information content (AvgIpc) is 1.63. The molecule has 0 spiro atoms. The van der Waals surface area contributed by atoms with E-state index in [-0.39, 0.29) is 0 Å². The molecule has 0 heterocycles. The molecule has 3 heteroatoms. The third-order valence-corrected chi connectivity index (χ3v) is 2.69. The van der Waals surface area contributed by atoms with Crippen LogP contribution in [-0.2, 0) is 4.43 Å². The predicted octanol–water partition coefficient (Wildman–Crippen LogP) is 2.55. The van der Waals surface area contributed by atoms with E-state index in [4.69, 9.17) is 4.43 Å². The van der Waals surface area contributed by atoms with Crippen LogP contribution in [0, 0.1) is 0 Å². The van der Waals surface area contributed by atoms with E-state index in [0.717, 1.165) is 11.7 Å². The lowest BCUT2D eigenvalue weighted by atomic mass is 11.0. The third kappa shape index (κ3) is 8.53. The zero-order valence-electron chi connectivity index (χ0n) is 6.73. The Morgan fingerprint density at radius 1 is 1.33 bits per heavy atom. The summed E-state index contributed by atoms with van der Waals surface area (Å²) in [7, 11) is -1.22. The molecule has 0 aliphatic heterocycles. The minimum Gasteiger partial charge on any atom is -0.409 e. The molecule has 0 aliphatic carbocycles. The first-order chi connectivity index (χ1) is 4.06. The smallest absolute Gasteiger partial charge is 0.184 e. The standard InChI is InChI=1S/C6H16OSSi/c1-5-8-6-7-9(2,3)4/h5-6H2,1-4H3. The Hall–Kier alpha value is 0.527. The van der Waals surface area contributed by atoms with Crippen molar-refractivity contribution < 1.29 is 4.43 Å². The second-order valence-corrected chi connectivity index (χ2v) is 8.60. The fourth-order valence-electron chi connectivity index (χ4n) is 0.302. The highest BCUT2D eigenvalue weighted by Crippen LogP contribution is 2.07. The lowest BCUT2D eigenvalue weighted by molar-refractivity contribution is 0.388. The van der Waals surface area contributed by atoms with Crippen LogP contribution in [-0.4, -0.2) is 20.0 Å². The summed E-state index contributed by atoms with van der Waals surface area (Å²) in [5.74, 6) is 2.04. The van der Waals surface area contributed by atoms with Crippen molar-refractivity contribution in [2.45, 2.75) is 26.6 Å². The molecule has 0 saturated heterocycles. The molecule has 0 atom stereocenters. The van der Waals surface area contributed by atoms with Crippen LogP contribution in [0.5, 0.6) is 0 Å². The number of hydrogen-bond acceptors (Lipinski definition) is 2. The van der Waals surface area contributed by atoms with Crippen LogP contribution in [0.15, 0.2) is 0 Å². The zero-order chi connectivity index (χ0) is 7.33. The van der Waals surface area contributed by atoms with Crippen LogP contribution in [0.4, 0.5) is 0 Å². The minimum absolute atomic E-state index is 0.881. The topological polar surface area (TPSA) is 9.23 Å². The largest absolute Gasteiger partial charge is 0.409 e. The van der Waals surface area contributed by atoms with Crippen molar-refractivity contribution in [3.63, 3.8) is 0 Å². The van der Waals surface area contributed by atoms with Crippen molar-refractivity contribution >= 4 is 20.1 Å². The average molecular weight is 164 g/mol. The molecule has 9 heavy (non-hydrogen) atoms. The second-order valence-electron chi connectivity index (χ2n) is 2.87. The molecule has 0 aromatic carbocycles. The van der Waals surface area contributed by atoms with Gasteiger partial charge in [0.2, 0.25) is 0 Å². The minimum atomic E-state index is -1.22. The van der Waals surface area contributed by atoms with Crippen molar-refractivity contribution in [3.8, 4) is 0 Å². The molecule has 56 valence electrons. The van der Waals surface area contributed by atoms with Gasteiger partial charge in [-0.2, -0.15) is 0 Å². The highest BCUT2D eigenvalue weighted by Gasteiger charge is 2.12. The summed E-state index contributed by atoms with van der Waals surface area (Å²) in [5, 5.41) is 0. The van der Waals surface area contributed by atoms with Crippen molar-refractivity contribution in [3.05, 3.63) is 0 Å². The molecule has 0 aromatic heterocycles. The number of thioether (sulfide) groups is 1. The van der Waals surface area contributed by atoms with Crippen LogP contribution in [0.1, 0.15) is 6.92 Å². The molecule has 0 aliphatic rings. The highest BCUT2D eigenvalue weighted by atomic mass is 32.2. The quantitative estimate of drug-likeness (QED) is 0.359. The van der Waals surface area contributed by atoms with E-state index in [1.165, 1.54) is 0 Å². The molecular weight excluding hydrogens is 148 g/mol. The molecule has 0 saturated carbocycles. The van der Waals surface area contributed by atoms with Crippen molar-refractivity contribution in [1.82, 2.24) is 0 Å². The summed E-state index contributed by atoms with van der Waals surface area (Å²) in [6, 6.07) is 0. The van der Waals surface area contributed by atoms with Gasteiger partial charge in [0, 0.05) is 0 Å². The number of rotatable bonds is 4. The first kappa shape index (κ1) is 9.53. The van der Waals surface area contributed by atoms with E-state index in [1.807, 2.05) is 11.8 Å². The van der Waals surface area contributed by atoms with Gasteiger partial charge in [-0.1, -0.05) is 6.92 Å². The lowest BCUT2D eigenvalue weighted by Crippen LogP contribution is -2.24. The highest BCUT2D eigenvalue weighted by molar-refractivity contribution is 7.99. The maximum atomic E-state index is 5.57. The van der Waals surface area contributed by atoms with Gasteiger partial charge in [0.1, 0.15) is 0 Å². The molecule has 0 rings (SSSR count). The van der Waals surface area contributed by atoms with Gasteiger partial charge in [0.05, 0.1) is 5.94 Å². The van der Waals surface area contributed by atoms with E-state index in [1.54, 1.807) is 0 Å². The van der Waals surface area contributed by atoms with Gasteiger partial charge in [0.25, 0.3) is 0 Å². The maximum Gasteiger partial charge on any atom is 0.184 e. The molecule has 1 nitrogen and oxygen atoms in total. The van der Waals surface area contributed by atoms with Crippen LogP contribution >= 0.6 is 11.8 Å². The first-order valence-corrected chi connectivity index (χ1v) is 7.84. The summed E-state index contributed by atoms with van der Waals surface area (Å²) in [6.45, 7) is 8.79. The second kappa shape index (κ2) is 4.36. The van der Waals surface area contributed by atoms with E-state index in [2.05, 4.69) is 26.6 Å². The Kier molecular flexibility index (Phi) is 4.61. The Bertz CT molecular complexity index is 69.9. The summed E-state index contributed by atoms with van der Waals surface area (Å²) in [6.07, 6.45) is 0. The maximum absolute atomic E-state index is 5.57. The fourth-order valence-corrected chi connectivity index (χ4v) is 2.22. The van der Waals surface area contributed by atoms with Gasteiger partial charge in [-0.3, -0.25) is 0 Å². The van der Waals surface area contributed by atoms with Crippen LogP contribution in [0.2, 0.25) is 19.6 Å². The predicted molar refractivity (Wildman–Crippen MR) is 47.4 cm³/mol. The molecule has 0 radical (unpaired) electrons. The Balaban J connectivity index is 3.07. The van der Waals surface area contributed by atoms with Crippen LogP contribution < -0.4 is 0 Å². The normalized spacial score (nSPS) is 12.0. The monoisotopic (exact) mass is 164 g/mol. The van der Waals surface area contributed by atoms with E-state index < -0.39 is 8.32 Å². The number of hydrogen-bond donors (Lipinski definition) is 0. The summed E-state index contributed by atoms with van der Waals surface area (Å²) in [5.41, 5.74) is 0. The van der Waals surface area contributed by atoms with Gasteiger partial charge >= 0.3 is 0 Å². The van der Waals surface area contributed by atoms with Crippen molar-refractivity contribution in [2.75, 3.05) is 11.7 Å². The van der Waals surface area contributed by atoms with Gasteiger partial charge < -0.3 is 4.43 Å². The van der Waals surface area contributed by atoms with Gasteiger partial charge in [-0.15, -0.1) is 11.8 Å². The summed E-state index contributed by atoms with van der Waals surface area (Å²) in [4.78, 5) is 0. The van der Waals surface area contributed by atoms with E-state index in [9.17, 15) is 0 Å².